The average Bonchev–Trinajstić information content (AvgIpc) is 2.82. The van der Waals surface area contributed by atoms with E-state index in [1.165, 1.54) is 14.5 Å². The van der Waals surface area contributed by atoms with Crippen LogP contribution in [0.5, 0.6) is 0 Å². The van der Waals surface area contributed by atoms with Gasteiger partial charge in [-0.2, -0.15) is 5.10 Å². The smallest absolute Gasteiger partial charge is 0.0722 e. The van der Waals surface area contributed by atoms with E-state index in [9.17, 15) is 0 Å². The highest BCUT2D eigenvalue weighted by Crippen LogP contribution is 2.24. The predicted octanol–water partition coefficient (Wildman–Crippen LogP) is 2.93. The molecule has 0 aliphatic carbocycles. The molecule has 0 saturated heterocycles. The summed E-state index contributed by atoms with van der Waals surface area (Å²) in [7, 11) is 1.97. The lowest BCUT2D eigenvalue weighted by molar-refractivity contribution is 0.543. The van der Waals surface area contributed by atoms with Crippen molar-refractivity contribution >= 4 is 33.5 Å². The summed E-state index contributed by atoms with van der Waals surface area (Å²) in [5.41, 5.74) is 6.30. The zero-order valence-electron chi connectivity index (χ0n) is 11.8. The van der Waals surface area contributed by atoms with Crippen LogP contribution >= 0.6 is 22.6 Å². The minimum absolute atomic E-state index is 0.0537. The van der Waals surface area contributed by atoms with Crippen molar-refractivity contribution in [1.29, 1.82) is 0 Å². The second-order valence-electron chi connectivity index (χ2n) is 5.07. The highest BCUT2D eigenvalue weighted by Gasteiger charge is 2.15. The van der Waals surface area contributed by atoms with Gasteiger partial charge in [-0.25, -0.2) is 0 Å². The van der Waals surface area contributed by atoms with Crippen molar-refractivity contribution in [2.75, 3.05) is 0 Å². The van der Waals surface area contributed by atoms with Gasteiger partial charge in [0.2, 0.25) is 0 Å². The van der Waals surface area contributed by atoms with Crippen LogP contribution < -0.4 is 11.3 Å². The molecule has 1 atom stereocenters. The molecule has 0 aliphatic rings. The van der Waals surface area contributed by atoms with E-state index in [0.29, 0.717) is 0 Å². The first-order valence-electron chi connectivity index (χ1n) is 6.81. The number of halogens is 1. The van der Waals surface area contributed by atoms with E-state index in [2.05, 4.69) is 69.5 Å². The van der Waals surface area contributed by atoms with E-state index in [1.807, 2.05) is 23.9 Å². The van der Waals surface area contributed by atoms with Crippen molar-refractivity contribution in [3.8, 4) is 0 Å². The van der Waals surface area contributed by atoms with Crippen LogP contribution in [0, 0.1) is 3.57 Å². The van der Waals surface area contributed by atoms with Crippen LogP contribution in [0.25, 0.3) is 10.9 Å². The number of nitrogens with two attached hydrogens (primary N) is 1. The number of nitrogens with one attached hydrogen (secondary N) is 1. The minimum atomic E-state index is 0.0537. The lowest BCUT2D eigenvalue weighted by Gasteiger charge is -2.15. The van der Waals surface area contributed by atoms with Crippen LogP contribution in [0.4, 0.5) is 0 Å². The van der Waals surface area contributed by atoms with Crippen LogP contribution in [-0.4, -0.2) is 9.78 Å². The van der Waals surface area contributed by atoms with Gasteiger partial charge in [0.05, 0.1) is 17.3 Å². The van der Waals surface area contributed by atoms with Gasteiger partial charge >= 0.3 is 0 Å². The summed E-state index contributed by atoms with van der Waals surface area (Å²) in [6.07, 6.45) is 0.762. The lowest BCUT2D eigenvalue weighted by Crippen LogP contribution is -2.29. The zero-order chi connectivity index (χ0) is 14.8. The molecule has 2 aromatic carbocycles. The first-order valence-corrected chi connectivity index (χ1v) is 7.89. The molecule has 0 saturated carbocycles. The molecule has 5 heteroatoms. The number of hydrazine groups is 1. The fourth-order valence-electron chi connectivity index (χ4n) is 2.63. The van der Waals surface area contributed by atoms with E-state index >= 15 is 0 Å². The van der Waals surface area contributed by atoms with Crippen molar-refractivity contribution in [3.63, 3.8) is 0 Å². The number of aryl methyl sites for hydroxylation is 1. The molecule has 0 spiro atoms. The molecule has 0 bridgehead atoms. The highest BCUT2D eigenvalue weighted by atomic mass is 127. The second kappa shape index (κ2) is 6.13. The standard InChI is InChI=1S/C16H17IN4/c1-21-16-8-3-2-7-13(16)15(20-21)10-14(19-18)11-5-4-6-12(17)9-11/h2-9,14,19H,10,18H2,1H3. The quantitative estimate of drug-likeness (QED) is 0.408. The lowest BCUT2D eigenvalue weighted by atomic mass is 10.0. The maximum atomic E-state index is 5.77. The van der Waals surface area contributed by atoms with Crippen molar-refractivity contribution in [2.24, 2.45) is 12.9 Å². The van der Waals surface area contributed by atoms with E-state index in [-0.39, 0.29) is 6.04 Å². The van der Waals surface area contributed by atoms with Gasteiger partial charge in [0.15, 0.2) is 0 Å². The van der Waals surface area contributed by atoms with E-state index in [0.717, 1.165) is 17.6 Å². The number of fused-ring (bicyclic) bond motifs is 1. The molecular weight excluding hydrogens is 375 g/mol. The molecule has 3 rings (SSSR count). The third-order valence-electron chi connectivity index (χ3n) is 3.68. The average molecular weight is 392 g/mol. The van der Waals surface area contributed by atoms with Gasteiger partial charge in [0.1, 0.15) is 0 Å². The topological polar surface area (TPSA) is 55.9 Å². The van der Waals surface area contributed by atoms with Crippen LogP contribution in [0.2, 0.25) is 0 Å². The highest BCUT2D eigenvalue weighted by molar-refractivity contribution is 14.1. The first-order chi connectivity index (χ1) is 10.2. The number of para-hydroxylation sites is 1. The Hall–Kier alpha value is -1.44. The Bertz CT molecular complexity index is 766. The summed E-state index contributed by atoms with van der Waals surface area (Å²) < 4.78 is 3.13. The third kappa shape index (κ3) is 2.95. The normalized spacial score (nSPS) is 12.7. The molecular formula is C16H17IN4. The van der Waals surface area contributed by atoms with Gasteiger partial charge in [-0.15, -0.1) is 0 Å². The summed E-state index contributed by atoms with van der Waals surface area (Å²) in [6.45, 7) is 0. The Morgan fingerprint density at radius 2 is 2.05 bits per heavy atom. The number of benzene rings is 2. The summed E-state index contributed by atoms with van der Waals surface area (Å²) in [6, 6.07) is 16.7. The Balaban J connectivity index is 1.96. The fraction of sp³-hybridized carbons (Fsp3) is 0.188. The molecule has 3 aromatic rings. The molecule has 1 unspecified atom stereocenters. The van der Waals surface area contributed by atoms with E-state index in [1.54, 1.807) is 0 Å². The third-order valence-corrected chi connectivity index (χ3v) is 4.35. The van der Waals surface area contributed by atoms with E-state index < -0.39 is 0 Å². The molecule has 1 heterocycles. The molecule has 108 valence electrons. The first kappa shape index (κ1) is 14.5. The van der Waals surface area contributed by atoms with Gasteiger partial charge in [-0.3, -0.25) is 16.0 Å². The Morgan fingerprint density at radius 3 is 2.81 bits per heavy atom. The summed E-state index contributed by atoms with van der Waals surface area (Å²) in [4.78, 5) is 0. The largest absolute Gasteiger partial charge is 0.271 e. The van der Waals surface area contributed by atoms with Crippen LogP contribution in [0.15, 0.2) is 48.5 Å². The number of hydrogen-bond acceptors (Lipinski definition) is 3. The van der Waals surface area contributed by atoms with Crippen LogP contribution in [-0.2, 0) is 13.5 Å². The zero-order valence-corrected chi connectivity index (χ0v) is 13.9. The Kier molecular flexibility index (Phi) is 4.23. The van der Waals surface area contributed by atoms with Gasteiger partial charge in [0, 0.05) is 22.4 Å². The van der Waals surface area contributed by atoms with Crippen molar-refractivity contribution in [3.05, 3.63) is 63.4 Å². The van der Waals surface area contributed by atoms with Crippen LogP contribution in [0.3, 0.4) is 0 Å². The maximum absolute atomic E-state index is 5.77. The predicted molar refractivity (Wildman–Crippen MR) is 93.6 cm³/mol. The Labute approximate surface area is 137 Å². The minimum Gasteiger partial charge on any atom is -0.271 e. The number of nitrogens with zero attached hydrogens (tertiary/aromatic N) is 2. The Morgan fingerprint density at radius 1 is 1.24 bits per heavy atom. The van der Waals surface area contributed by atoms with Crippen LogP contribution in [0.1, 0.15) is 17.3 Å². The number of aromatic nitrogens is 2. The fourth-order valence-corrected chi connectivity index (χ4v) is 3.20. The summed E-state index contributed by atoms with van der Waals surface area (Å²) in [5, 5.41) is 5.83. The number of hydrogen-bond donors (Lipinski definition) is 2. The SMILES string of the molecule is Cn1nc(CC(NN)c2cccc(I)c2)c2ccccc21. The molecule has 0 radical (unpaired) electrons. The summed E-state index contributed by atoms with van der Waals surface area (Å²) >= 11 is 2.32. The monoisotopic (exact) mass is 392 g/mol. The molecule has 0 amide bonds. The van der Waals surface area contributed by atoms with Gasteiger partial charge < -0.3 is 0 Å². The molecule has 1 aromatic heterocycles. The molecule has 4 nitrogen and oxygen atoms in total. The molecule has 0 aliphatic heterocycles. The second-order valence-corrected chi connectivity index (χ2v) is 6.31. The van der Waals surface area contributed by atoms with Gasteiger partial charge in [-0.1, -0.05) is 30.3 Å². The van der Waals surface area contributed by atoms with Crippen molar-refractivity contribution < 1.29 is 0 Å². The molecule has 3 N–H and O–H groups in total. The number of rotatable bonds is 4. The van der Waals surface area contributed by atoms with Gasteiger partial charge in [0.25, 0.3) is 0 Å². The van der Waals surface area contributed by atoms with Crippen molar-refractivity contribution in [2.45, 2.75) is 12.5 Å². The maximum Gasteiger partial charge on any atom is 0.0722 e. The van der Waals surface area contributed by atoms with Gasteiger partial charge in [-0.05, 0) is 46.4 Å². The van der Waals surface area contributed by atoms with E-state index in [4.69, 9.17) is 5.84 Å². The van der Waals surface area contributed by atoms with Crippen molar-refractivity contribution in [1.82, 2.24) is 15.2 Å². The summed E-state index contributed by atoms with van der Waals surface area (Å²) in [5.74, 6) is 5.77. The molecule has 0 fully saturated rings. The molecule has 21 heavy (non-hydrogen) atoms.